The number of aliphatic hydroxyl groups excluding tert-OH is 1. The van der Waals surface area contributed by atoms with Crippen molar-refractivity contribution in [3.05, 3.63) is 89.9 Å². The molecular weight excluding hydrogens is 576 g/mol. The lowest BCUT2D eigenvalue weighted by Crippen LogP contribution is -2.35. The van der Waals surface area contributed by atoms with Crippen LogP contribution in [0.3, 0.4) is 0 Å². The van der Waals surface area contributed by atoms with Gasteiger partial charge in [-0.25, -0.2) is 9.97 Å². The van der Waals surface area contributed by atoms with Crippen molar-refractivity contribution in [2.24, 2.45) is 18.9 Å². The van der Waals surface area contributed by atoms with Crippen LogP contribution in [0.25, 0.3) is 11.1 Å². The van der Waals surface area contributed by atoms with Gasteiger partial charge in [-0.3, -0.25) is 14.5 Å². The first kappa shape index (κ1) is 31.4. The summed E-state index contributed by atoms with van der Waals surface area (Å²) >= 11 is 0. The fourth-order valence-corrected chi connectivity index (χ4v) is 7.17. The summed E-state index contributed by atoms with van der Waals surface area (Å²) in [6.07, 6.45) is 14.5. The van der Waals surface area contributed by atoms with Gasteiger partial charge in [0, 0.05) is 62.7 Å². The molecule has 1 saturated heterocycles. The Morgan fingerprint density at radius 1 is 1.04 bits per heavy atom. The van der Waals surface area contributed by atoms with Gasteiger partial charge in [0.25, 0.3) is 0 Å². The molecular formula is C36H42N8O2. The second kappa shape index (κ2) is 14.6. The number of nitrogens with zero attached hydrogens (tertiary/aromatic N) is 7. The van der Waals surface area contributed by atoms with Crippen LogP contribution in [0, 0.1) is 23.2 Å². The van der Waals surface area contributed by atoms with Crippen LogP contribution in [0.4, 0.5) is 5.82 Å². The summed E-state index contributed by atoms with van der Waals surface area (Å²) in [7, 11) is 1.89. The molecule has 1 aliphatic heterocycles. The molecule has 10 nitrogen and oxygen atoms in total. The second-order valence-corrected chi connectivity index (χ2v) is 12.7. The molecule has 2 unspecified atom stereocenters. The molecule has 0 bridgehead atoms. The lowest BCUT2D eigenvalue weighted by atomic mass is 9.73. The number of hydrogen-bond acceptors (Lipinski definition) is 8. The van der Waals surface area contributed by atoms with Crippen LogP contribution in [0.1, 0.15) is 73.5 Å². The van der Waals surface area contributed by atoms with Crippen molar-refractivity contribution in [2.75, 3.05) is 18.1 Å². The van der Waals surface area contributed by atoms with Gasteiger partial charge >= 0.3 is 0 Å². The highest BCUT2D eigenvalue weighted by atomic mass is 16.3. The van der Waals surface area contributed by atoms with Gasteiger partial charge in [-0.2, -0.15) is 10.4 Å². The van der Waals surface area contributed by atoms with E-state index in [1.54, 1.807) is 10.9 Å². The van der Waals surface area contributed by atoms with Crippen molar-refractivity contribution in [2.45, 2.75) is 69.9 Å². The Bertz CT molecular complexity index is 1640. The lowest BCUT2D eigenvalue weighted by molar-refractivity contribution is -0.124. The largest absolute Gasteiger partial charge is 0.396 e. The Morgan fingerprint density at radius 2 is 1.87 bits per heavy atom. The molecule has 2 fully saturated rings. The van der Waals surface area contributed by atoms with E-state index < -0.39 is 0 Å². The summed E-state index contributed by atoms with van der Waals surface area (Å²) in [6, 6.07) is 16.5. The van der Waals surface area contributed by atoms with Crippen molar-refractivity contribution in [3.8, 4) is 17.2 Å². The Kier molecular flexibility index (Phi) is 9.99. The zero-order valence-electron chi connectivity index (χ0n) is 26.4. The predicted octanol–water partition coefficient (Wildman–Crippen LogP) is 4.94. The number of rotatable bonds is 11. The van der Waals surface area contributed by atoms with Crippen LogP contribution < -0.4 is 10.2 Å². The zero-order valence-corrected chi connectivity index (χ0v) is 26.4. The fourth-order valence-electron chi connectivity index (χ4n) is 7.17. The third kappa shape index (κ3) is 7.26. The highest BCUT2D eigenvalue weighted by molar-refractivity contribution is 5.83. The van der Waals surface area contributed by atoms with Crippen LogP contribution in [-0.4, -0.2) is 54.9 Å². The van der Waals surface area contributed by atoms with Gasteiger partial charge in [0.15, 0.2) is 5.82 Å². The standard InChI is InChI=1S/C36H42N8O2/c1-43-24-30(23-41-43)28-13-14-32(38-21-28)34(36(46)40-20-26-6-3-2-4-7-26)27-11-9-25(10-12-27)18-33-39-22-29(19-37)35(42-33)44-16-5-8-31(44)15-17-45/h2-4,6-7,13-14,21-25,27,31,34,45H,5,8-12,15-18,20H2,1H3,(H,40,46). The maximum absolute atomic E-state index is 13.8. The van der Waals surface area contributed by atoms with Crippen LogP contribution in [0.5, 0.6) is 0 Å². The molecule has 0 spiro atoms. The quantitative estimate of drug-likeness (QED) is 0.242. The van der Waals surface area contributed by atoms with E-state index in [1.807, 2.05) is 68.1 Å². The van der Waals surface area contributed by atoms with E-state index in [9.17, 15) is 15.2 Å². The van der Waals surface area contributed by atoms with Gasteiger partial charge in [-0.05, 0) is 68.4 Å². The first-order valence-corrected chi connectivity index (χ1v) is 16.4. The molecule has 10 heteroatoms. The summed E-state index contributed by atoms with van der Waals surface area (Å²) < 4.78 is 1.77. The number of aryl methyl sites for hydroxylation is 1. The topological polar surface area (TPSA) is 133 Å². The second-order valence-electron chi connectivity index (χ2n) is 12.7. The van der Waals surface area contributed by atoms with Crippen LogP contribution in [-0.2, 0) is 24.8 Å². The Balaban J connectivity index is 1.15. The number of aliphatic hydroxyl groups is 1. The number of amides is 1. The minimum Gasteiger partial charge on any atom is -0.396 e. The molecule has 1 aromatic carbocycles. The number of carbonyl (C=O) groups excluding carboxylic acids is 1. The van der Waals surface area contributed by atoms with E-state index in [1.165, 1.54) is 0 Å². The molecule has 2 aliphatic rings. The monoisotopic (exact) mass is 618 g/mol. The normalized spacial score (nSPS) is 20.3. The molecule has 238 valence electrons. The summed E-state index contributed by atoms with van der Waals surface area (Å²) in [5.74, 6) is 1.70. The van der Waals surface area contributed by atoms with Gasteiger partial charge in [-0.1, -0.05) is 36.4 Å². The van der Waals surface area contributed by atoms with Crippen molar-refractivity contribution < 1.29 is 9.90 Å². The Hall–Kier alpha value is -4.62. The van der Waals surface area contributed by atoms with E-state index in [0.717, 1.165) is 79.7 Å². The predicted molar refractivity (Wildman–Crippen MR) is 175 cm³/mol. The minimum absolute atomic E-state index is 0.0112. The molecule has 0 radical (unpaired) electrons. The molecule has 1 amide bonds. The number of aromatic nitrogens is 5. The van der Waals surface area contributed by atoms with E-state index in [-0.39, 0.29) is 30.4 Å². The third-order valence-electron chi connectivity index (χ3n) is 9.62. The highest BCUT2D eigenvalue weighted by Gasteiger charge is 2.35. The SMILES string of the molecule is Cn1cc(-c2ccc(C(C(=O)NCc3ccccc3)C3CCC(Cc4ncc(C#N)c(N5CCCC5CCO)n4)CC3)nc2)cn1. The maximum atomic E-state index is 13.8. The molecule has 4 heterocycles. The molecule has 6 rings (SSSR count). The van der Waals surface area contributed by atoms with Crippen molar-refractivity contribution in [1.82, 2.24) is 30.0 Å². The fraction of sp³-hybridized carbons (Fsp3) is 0.444. The number of hydrogen-bond donors (Lipinski definition) is 2. The lowest BCUT2D eigenvalue weighted by Gasteiger charge is -2.33. The van der Waals surface area contributed by atoms with E-state index in [0.29, 0.717) is 30.3 Å². The van der Waals surface area contributed by atoms with E-state index >= 15 is 0 Å². The molecule has 2 N–H and O–H groups in total. The summed E-state index contributed by atoms with van der Waals surface area (Å²) in [6.45, 7) is 1.44. The number of anilines is 1. The summed E-state index contributed by atoms with van der Waals surface area (Å²) in [4.78, 5) is 30.3. The average molecular weight is 619 g/mol. The molecule has 3 aromatic heterocycles. The number of nitrogens with one attached hydrogen (secondary N) is 1. The Morgan fingerprint density at radius 3 is 2.57 bits per heavy atom. The molecule has 1 aliphatic carbocycles. The Labute approximate surface area is 270 Å². The summed E-state index contributed by atoms with van der Waals surface area (Å²) in [5, 5.41) is 26.8. The first-order valence-electron chi connectivity index (χ1n) is 16.4. The zero-order chi connectivity index (χ0) is 31.9. The number of nitriles is 1. The third-order valence-corrected chi connectivity index (χ3v) is 9.62. The minimum atomic E-state index is -0.344. The van der Waals surface area contributed by atoms with E-state index in [4.69, 9.17) is 9.97 Å². The van der Waals surface area contributed by atoms with Crippen molar-refractivity contribution >= 4 is 11.7 Å². The first-order chi connectivity index (χ1) is 22.5. The molecule has 4 aromatic rings. The number of benzene rings is 1. The van der Waals surface area contributed by atoms with Gasteiger partial charge in [0.1, 0.15) is 17.5 Å². The van der Waals surface area contributed by atoms with Gasteiger partial charge in [0.05, 0.1) is 24.0 Å². The maximum Gasteiger partial charge on any atom is 0.229 e. The number of pyridine rings is 1. The highest BCUT2D eigenvalue weighted by Crippen LogP contribution is 2.39. The van der Waals surface area contributed by atoms with Crippen LogP contribution in [0.15, 0.2) is 67.3 Å². The van der Waals surface area contributed by atoms with Gasteiger partial charge < -0.3 is 15.3 Å². The smallest absolute Gasteiger partial charge is 0.229 e. The molecule has 2 atom stereocenters. The molecule has 1 saturated carbocycles. The van der Waals surface area contributed by atoms with Crippen molar-refractivity contribution in [3.63, 3.8) is 0 Å². The number of carbonyl (C=O) groups is 1. The summed E-state index contributed by atoms with van der Waals surface area (Å²) in [5.41, 5.74) is 4.32. The van der Waals surface area contributed by atoms with Gasteiger partial charge in [-0.15, -0.1) is 0 Å². The van der Waals surface area contributed by atoms with Gasteiger partial charge in [0.2, 0.25) is 5.91 Å². The van der Waals surface area contributed by atoms with Crippen molar-refractivity contribution in [1.29, 1.82) is 5.26 Å². The van der Waals surface area contributed by atoms with E-state index in [2.05, 4.69) is 26.4 Å². The molecule has 46 heavy (non-hydrogen) atoms. The van der Waals surface area contributed by atoms with Crippen LogP contribution in [0.2, 0.25) is 0 Å². The van der Waals surface area contributed by atoms with Crippen LogP contribution >= 0.6 is 0 Å². The average Bonchev–Trinajstić information content (AvgIpc) is 3.74.